The van der Waals surface area contributed by atoms with Crippen LogP contribution < -0.4 is 5.11 Å². The zero-order valence-electron chi connectivity index (χ0n) is 19.9. The van der Waals surface area contributed by atoms with Crippen LogP contribution in [0.15, 0.2) is 77.9 Å². The molecule has 4 aromatic rings. The fourth-order valence-electron chi connectivity index (χ4n) is 4.78. The van der Waals surface area contributed by atoms with Gasteiger partial charge in [-0.15, -0.1) is 0 Å². The summed E-state index contributed by atoms with van der Waals surface area (Å²) in [5.74, 6) is -1.67. The molecule has 5 rings (SSSR count). The Balaban J connectivity index is 1.69. The zero-order valence-corrected chi connectivity index (χ0v) is 21.5. The van der Waals surface area contributed by atoms with Crippen molar-refractivity contribution in [1.29, 1.82) is 0 Å². The molecule has 0 unspecified atom stereocenters. The summed E-state index contributed by atoms with van der Waals surface area (Å²) >= 11 is 12.5. The number of hydrogen-bond donors (Lipinski definition) is 0. The third kappa shape index (κ3) is 5.08. The van der Waals surface area contributed by atoms with E-state index in [0.29, 0.717) is 22.2 Å². The van der Waals surface area contributed by atoms with Gasteiger partial charge < -0.3 is 9.90 Å². The molecule has 2 heterocycles. The summed E-state index contributed by atoms with van der Waals surface area (Å²) in [6.45, 7) is 1.93. The summed E-state index contributed by atoms with van der Waals surface area (Å²) in [7, 11) is 0. The highest BCUT2D eigenvalue weighted by molar-refractivity contribution is 6.31. The van der Waals surface area contributed by atoms with Crippen LogP contribution in [0.2, 0.25) is 10.0 Å². The highest BCUT2D eigenvalue weighted by Gasteiger charge is 2.35. The molecule has 0 saturated carbocycles. The fourth-order valence-corrected chi connectivity index (χ4v) is 5.07. The third-order valence-corrected chi connectivity index (χ3v) is 6.93. The topological polar surface area (TPSA) is 85.7 Å². The molecule has 0 radical (unpaired) electrons. The molecule has 3 aromatic carbocycles. The van der Waals surface area contributed by atoms with Crippen molar-refractivity contribution in [3.8, 4) is 11.1 Å². The average Bonchev–Trinajstić information content (AvgIpc) is 3.32. The first-order valence-electron chi connectivity index (χ1n) is 11.8. The van der Waals surface area contributed by atoms with Gasteiger partial charge in [0.25, 0.3) is 0 Å². The van der Waals surface area contributed by atoms with Gasteiger partial charge >= 0.3 is 0 Å². The molecular formula is C29H22Cl2N3O3-. The van der Waals surface area contributed by atoms with Gasteiger partial charge in [0.05, 0.1) is 17.3 Å². The number of carbonyl (C=O) groups is 2. The van der Waals surface area contributed by atoms with Gasteiger partial charge in [-0.2, -0.15) is 5.10 Å². The molecule has 0 bridgehead atoms. The Labute approximate surface area is 224 Å². The Bertz CT molecular complexity index is 1540. The number of amides is 1. The molecule has 0 aliphatic carbocycles. The molecule has 8 heteroatoms. The molecular weight excluding hydrogens is 509 g/mol. The SMILES string of the molecule is Cc1nc2ccc(Cl)cc2c(-c2ccccc2)c1C1=NN(C(=O)CCC(=O)[O-])[C@@H](c2ccc(Cl)cc2)C1. The van der Waals surface area contributed by atoms with E-state index in [1.807, 2.05) is 67.6 Å². The number of halogens is 2. The lowest BCUT2D eigenvalue weighted by Crippen LogP contribution is -2.29. The molecule has 0 saturated heterocycles. The molecule has 1 atom stereocenters. The summed E-state index contributed by atoms with van der Waals surface area (Å²) in [6.07, 6.45) is -0.162. The molecule has 186 valence electrons. The van der Waals surface area contributed by atoms with Crippen molar-refractivity contribution in [3.05, 3.63) is 99.7 Å². The van der Waals surface area contributed by atoms with E-state index >= 15 is 0 Å². The van der Waals surface area contributed by atoms with Crippen LogP contribution >= 0.6 is 23.2 Å². The van der Waals surface area contributed by atoms with Crippen molar-refractivity contribution >= 4 is 51.7 Å². The second-order valence-corrected chi connectivity index (χ2v) is 9.78. The van der Waals surface area contributed by atoms with Crippen molar-refractivity contribution in [2.75, 3.05) is 0 Å². The number of fused-ring (bicyclic) bond motifs is 1. The number of carbonyl (C=O) groups excluding carboxylic acids is 2. The van der Waals surface area contributed by atoms with E-state index in [4.69, 9.17) is 33.3 Å². The van der Waals surface area contributed by atoms with E-state index in [1.54, 1.807) is 12.1 Å². The highest BCUT2D eigenvalue weighted by Crippen LogP contribution is 2.40. The number of hydrogen-bond acceptors (Lipinski definition) is 5. The molecule has 0 N–H and O–H groups in total. The summed E-state index contributed by atoms with van der Waals surface area (Å²) in [4.78, 5) is 29.0. The van der Waals surface area contributed by atoms with Gasteiger partial charge in [-0.05, 0) is 54.8 Å². The molecule has 1 aromatic heterocycles. The Morgan fingerprint density at radius 2 is 1.65 bits per heavy atom. The number of pyridine rings is 1. The molecule has 6 nitrogen and oxygen atoms in total. The third-order valence-electron chi connectivity index (χ3n) is 6.44. The number of rotatable bonds is 6. The van der Waals surface area contributed by atoms with Crippen LogP contribution in [-0.4, -0.2) is 27.6 Å². The minimum Gasteiger partial charge on any atom is -0.550 e. The second kappa shape index (κ2) is 10.3. The largest absolute Gasteiger partial charge is 0.550 e. The summed E-state index contributed by atoms with van der Waals surface area (Å²) in [6, 6.07) is 22.3. The van der Waals surface area contributed by atoms with Crippen LogP contribution in [0.1, 0.15) is 42.1 Å². The smallest absolute Gasteiger partial charge is 0.243 e. The number of benzene rings is 3. The van der Waals surface area contributed by atoms with Gasteiger partial charge in [0, 0.05) is 51.1 Å². The number of carboxylic acids is 1. The van der Waals surface area contributed by atoms with Crippen LogP contribution in [0, 0.1) is 6.92 Å². The van der Waals surface area contributed by atoms with E-state index in [9.17, 15) is 14.7 Å². The molecule has 1 amide bonds. The number of hydrazone groups is 1. The zero-order chi connectivity index (χ0) is 26.1. The normalized spacial score (nSPS) is 15.2. The van der Waals surface area contributed by atoms with Crippen LogP contribution in [0.4, 0.5) is 0 Å². The first-order valence-corrected chi connectivity index (χ1v) is 12.6. The Morgan fingerprint density at radius 1 is 0.946 bits per heavy atom. The molecule has 0 spiro atoms. The lowest BCUT2D eigenvalue weighted by molar-refractivity contribution is -0.305. The van der Waals surface area contributed by atoms with Gasteiger partial charge in [0.2, 0.25) is 5.91 Å². The number of aryl methyl sites for hydroxylation is 1. The van der Waals surface area contributed by atoms with Crippen LogP contribution in [0.25, 0.3) is 22.0 Å². The maximum absolute atomic E-state index is 13.1. The van der Waals surface area contributed by atoms with Gasteiger partial charge in [-0.1, -0.05) is 65.7 Å². The van der Waals surface area contributed by atoms with Crippen LogP contribution in [-0.2, 0) is 9.59 Å². The first-order chi connectivity index (χ1) is 17.8. The summed E-state index contributed by atoms with van der Waals surface area (Å²) in [5.41, 5.74) is 5.85. The van der Waals surface area contributed by atoms with E-state index in [-0.39, 0.29) is 12.8 Å². The molecule has 1 aliphatic heterocycles. The van der Waals surface area contributed by atoms with Crippen molar-refractivity contribution < 1.29 is 14.7 Å². The van der Waals surface area contributed by atoms with Gasteiger partial charge in [-0.25, -0.2) is 5.01 Å². The average molecular weight is 531 g/mol. The lowest BCUT2D eigenvalue weighted by Gasteiger charge is -2.22. The van der Waals surface area contributed by atoms with Gasteiger partial charge in [0.15, 0.2) is 0 Å². The Morgan fingerprint density at radius 3 is 2.35 bits per heavy atom. The van der Waals surface area contributed by atoms with E-state index in [0.717, 1.165) is 38.9 Å². The minimum atomic E-state index is -1.28. The monoisotopic (exact) mass is 530 g/mol. The van der Waals surface area contributed by atoms with E-state index < -0.39 is 17.9 Å². The number of carboxylic acid groups (broad SMARTS) is 1. The van der Waals surface area contributed by atoms with E-state index in [2.05, 4.69) is 0 Å². The second-order valence-electron chi connectivity index (χ2n) is 8.90. The maximum Gasteiger partial charge on any atom is 0.243 e. The molecule has 37 heavy (non-hydrogen) atoms. The van der Waals surface area contributed by atoms with Gasteiger partial charge in [-0.3, -0.25) is 9.78 Å². The van der Waals surface area contributed by atoms with Crippen molar-refractivity contribution in [2.24, 2.45) is 5.10 Å². The predicted molar refractivity (Wildman–Crippen MR) is 143 cm³/mol. The Kier molecular flexibility index (Phi) is 6.96. The number of aromatic nitrogens is 1. The molecule has 0 fully saturated rings. The highest BCUT2D eigenvalue weighted by atomic mass is 35.5. The summed E-state index contributed by atoms with van der Waals surface area (Å²) in [5, 5.41) is 19.3. The van der Waals surface area contributed by atoms with Crippen molar-refractivity contribution in [3.63, 3.8) is 0 Å². The Hall–Kier alpha value is -3.74. The quantitative estimate of drug-likeness (QED) is 0.318. The van der Waals surface area contributed by atoms with Gasteiger partial charge in [0.1, 0.15) is 0 Å². The lowest BCUT2D eigenvalue weighted by atomic mass is 9.89. The molecule has 1 aliphatic rings. The first kappa shape index (κ1) is 24.9. The van der Waals surface area contributed by atoms with E-state index in [1.165, 1.54) is 5.01 Å². The fraction of sp³-hybridized carbons (Fsp3) is 0.172. The van der Waals surface area contributed by atoms with Crippen LogP contribution in [0.5, 0.6) is 0 Å². The standard InChI is InChI=1S/C29H23Cl2N3O3/c1-17-28(29(19-5-3-2-4-6-19)22-15-21(31)11-12-23(22)32-17)24-16-25(18-7-9-20(30)10-8-18)34(33-24)26(35)13-14-27(36)37/h2-12,15,25H,13-14,16H2,1H3,(H,36,37)/p-1/t25-/m1/s1. The van der Waals surface area contributed by atoms with Crippen LogP contribution in [0.3, 0.4) is 0 Å². The summed E-state index contributed by atoms with van der Waals surface area (Å²) < 4.78 is 0. The number of nitrogens with zero attached hydrogens (tertiary/aromatic N) is 3. The van der Waals surface area contributed by atoms with Crippen molar-refractivity contribution in [1.82, 2.24) is 9.99 Å². The predicted octanol–water partition coefficient (Wildman–Crippen LogP) is 5.72. The maximum atomic E-state index is 13.1. The number of aliphatic carboxylic acids is 1. The van der Waals surface area contributed by atoms with Crippen molar-refractivity contribution in [2.45, 2.75) is 32.2 Å². The minimum absolute atomic E-state index is 0.209.